The summed E-state index contributed by atoms with van der Waals surface area (Å²) in [6.07, 6.45) is 0.111. The molecule has 0 aromatic rings. The second-order valence-corrected chi connectivity index (χ2v) is 1.99. The molecule has 0 unspecified atom stereocenters. The van der Waals surface area contributed by atoms with Gasteiger partial charge < -0.3 is 16.2 Å². The lowest BCUT2D eigenvalue weighted by Gasteiger charge is -2.07. The van der Waals surface area contributed by atoms with Gasteiger partial charge in [-0.15, -0.1) is 0 Å². The lowest BCUT2D eigenvalue weighted by atomic mass is 10.2. The van der Waals surface area contributed by atoms with Crippen molar-refractivity contribution in [2.45, 2.75) is 12.5 Å². The van der Waals surface area contributed by atoms with Crippen molar-refractivity contribution in [2.24, 2.45) is 5.73 Å². The molecule has 0 spiro atoms. The number of carbonyl (C=O) groups excluding carboxylic acids is 1. The van der Waals surface area contributed by atoms with Crippen LogP contribution in [0.1, 0.15) is 6.42 Å². The van der Waals surface area contributed by atoms with E-state index in [9.17, 15) is 4.79 Å². The highest BCUT2D eigenvalue weighted by Crippen LogP contribution is 1.95. The highest BCUT2D eigenvalue weighted by molar-refractivity contribution is 5.81. The number of amides is 1. The van der Waals surface area contributed by atoms with E-state index in [2.05, 4.69) is 11.9 Å². The largest absolute Gasteiger partial charge is 0.513 e. The van der Waals surface area contributed by atoms with Crippen molar-refractivity contribution >= 4 is 5.91 Å². The Kier molecular flexibility index (Phi) is 3.49. The van der Waals surface area contributed by atoms with Crippen LogP contribution in [0.25, 0.3) is 0 Å². The van der Waals surface area contributed by atoms with Gasteiger partial charge >= 0.3 is 0 Å². The molecule has 0 aliphatic heterocycles. The predicted octanol–water partition coefficient (Wildman–Crippen LogP) is -0.478. The maximum Gasteiger partial charge on any atom is 0.237 e. The molecular formula is C6H12N2O2. The molecule has 0 heterocycles. The second-order valence-electron chi connectivity index (χ2n) is 1.99. The third-order valence-electron chi connectivity index (χ3n) is 1.04. The zero-order chi connectivity index (χ0) is 8.15. The summed E-state index contributed by atoms with van der Waals surface area (Å²) >= 11 is 0. The van der Waals surface area contributed by atoms with Gasteiger partial charge in [-0.05, 0) is 0 Å². The van der Waals surface area contributed by atoms with Crippen molar-refractivity contribution in [3.05, 3.63) is 12.3 Å². The molecule has 0 bridgehead atoms. The third kappa shape index (κ3) is 3.09. The van der Waals surface area contributed by atoms with Gasteiger partial charge in [-0.25, -0.2) is 0 Å². The van der Waals surface area contributed by atoms with Crippen molar-refractivity contribution in [1.82, 2.24) is 5.32 Å². The lowest BCUT2D eigenvalue weighted by molar-refractivity contribution is -0.121. The first kappa shape index (κ1) is 8.97. The van der Waals surface area contributed by atoms with Gasteiger partial charge in [0.15, 0.2) is 0 Å². The molecule has 1 amide bonds. The minimum atomic E-state index is -0.692. The summed E-state index contributed by atoms with van der Waals surface area (Å²) in [5, 5.41) is 11.0. The Bertz CT molecular complexity index is 145. The number of nitrogens with two attached hydrogens (primary N) is 1. The number of likely N-dealkylation sites (N-methyl/N-ethyl adjacent to an activating group) is 1. The average molecular weight is 144 g/mol. The SMILES string of the molecule is C=C(O)C[C@H](N)C(=O)NC. The Morgan fingerprint density at radius 3 is 2.70 bits per heavy atom. The fraction of sp³-hybridized carbons (Fsp3) is 0.500. The van der Waals surface area contributed by atoms with Crippen molar-refractivity contribution in [3.63, 3.8) is 0 Å². The normalized spacial score (nSPS) is 12.2. The molecule has 0 radical (unpaired) electrons. The predicted molar refractivity (Wildman–Crippen MR) is 38.4 cm³/mol. The molecule has 0 fully saturated rings. The minimum absolute atomic E-state index is 0.0731. The van der Waals surface area contributed by atoms with Gasteiger partial charge in [-0.2, -0.15) is 0 Å². The van der Waals surface area contributed by atoms with Crippen molar-refractivity contribution in [1.29, 1.82) is 0 Å². The third-order valence-corrected chi connectivity index (χ3v) is 1.04. The molecule has 0 aromatic carbocycles. The van der Waals surface area contributed by atoms with E-state index in [-0.39, 0.29) is 18.1 Å². The molecular weight excluding hydrogens is 132 g/mol. The first-order valence-electron chi connectivity index (χ1n) is 2.92. The monoisotopic (exact) mass is 144 g/mol. The number of nitrogens with one attached hydrogen (secondary N) is 1. The molecule has 4 nitrogen and oxygen atoms in total. The first-order valence-corrected chi connectivity index (χ1v) is 2.92. The summed E-state index contributed by atoms with van der Waals surface area (Å²) in [5.74, 6) is -0.369. The highest BCUT2D eigenvalue weighted by Gasteiger charge is 2.11. The van der Waals surface area contributed by atoms with Crippen LogP contribution in [-0.2, 0) is 4.79 Å². The number of rotatable bonds is 3. The fourth-order valence-corrected chi connectivity index (χ4v) is 0.532. The second kappa shape index (κ2) is 3.90. The number of hydrogen-bond donors (Lipinski definition) is 3. The van der Waals surface area contributed by atoms with E-state index < -0.39 is 6.04 Å². The average Bonchev–Trinajstić information content (AvgIpc) is 1.85. The van der Waals surface area contributed by atoms with Crippen LogP contribution in [0.5, 0.6) is 0 Å². The zero-order valence-electron chi connectivity index (χ0n) is 5.92. The Morgan fingerprint density at radius 1 is 1.90 bits per heavy atom. The summed E-state index contributed by atoms with van der Waals surface area (Å²) in [6.45, 7) is 3.21. The van der Waals surface area contributed by atoms with Crippen molar-refractivity contribution in [3.8, 4) is 0 Å². The van der Waals surface area contributed by atoms with Gasteiger partial charge in [0, 0.05) is 13.5 Å². The maximum absolute atomic E-state index is 10.7. The van der Waals surface area contributed by atoms with E-state index in [0.29, 0.717) is 0 Å². The van der Waals surface area contributed by atoms with Crippen LogP contribution in [0.3, 0.4) is 0 Å². The molecule has 0 aliphatic rings. The van der Waals surface area contributed by atoms with Crippen LogP contribution in [-0.4, -0.2) is 24.1 Å². The molecule has 10 heavy (non-hydrogen) atoms. The van der Waals surface area contributed by atoms with Crippen LogP contribution in [0, 0.1) is 0 Å². The van der Waals surface area contributed by atoms with Crippen molar-refractivity contribution < 1.29 is 9.90 Å². The summed E-state index contributed by atoms with van der Waals surface area (Å²) in [7, 11) is 1.49. The summed E-state index contributed by atoms with van der Waals surface area (Å²) < 4.78 is 0. The molecule has 4 heteroatoms. The van der Waals surface area contributed by atoms with E-state index in [1.807, 2.05) is 0 Å². The highest BCUT2D eigenvalue weighted by atomic mass is 16.3. The number of aliphatic hydroxyl groups excluding tert-OH is 1. The van der Waals surface area contributed by atoms with E-state index >= 15 is 0 Å². The smallest absolute Gasteiger partial charge is 0.237 e. The van der Waals surface area contributed by atoms with Crippen LogP contribution in [0.2, 0.25) is 0 Å². The standard InChI is InChI=1S/C6H12N2O2/c1-4(9)3-5(7)6(10)8-2/h5,9H,1,3,7H2,2H3,(H,8,10)/t5-/m0/s1. The van der Waals surface area contributed by atoms with Gasteiger partial charge in [-0.3, -0.25) is 4.79 Å². The molecule has 0 saturated heterocycles. The van der Waals surface area contributed by atoms with Gasteiger partial charge in [0.2, 0.25) is 5.91 Å². The lowest BCUT2D eigenvalue weighted by Crippen LogP contribution is -2.38. The Labute approximate surface area is 59.7 Å². The first-order chi connectivity index (χ1) is 4.57. The van der Waals surface area contributed by atoms with E-state index in [1.165, 1.54) is 7.05 Å². The summed E-state index contributed by atoms with van der Waals surface area (Å²) in [5.41, 5.74) is 5.30. The van der Waals surface area contributed by atoms with E-state index in [0.717, 1.165) is 0 Å². The number of hydrogen-bond acceptors (Lipinski definition) is 3. The quantitative estimate of drug-likeness (QED) is 0.468. The summed E-state index contributed by atoms with van der Waals surface area (Å²) in [6, 6.07) is -0.692. The number of carbonyl (C=O) groups is 1. The molecule has 4 N–H and O–H groups in total. The van der Waals surface area contributed by atoms with E-state index in [1.54, 1.807) is 0 Å². The van der Waals surface area contributed by atoms with Gasteiger partial charge in [0.05, 0.1) is 11.8 Å². The van der Waals surface area contributed by atoms with Gasteiger partial charge in [0.25, 0.3) is 0 Å². The van der Waals surface area contributed by atoms with Crippen LogP contribution >= 0.6 is 0 Å². The van der Waals surface area contributed by atoms with Gasteiger partial charge in [0.1, 0.15) is 0 Å². The van der Waals surface area contributed by atoms with Gasteiger partial charge in [-0.1, -0.05) is 6.58 Å². The maximum atomic E-state index is 10.7. The summed E-state index contributed by atoms with van der Waals surface area (Å²) in [4.78, 5) is 10.7. The molecule has 0 aliphatic carbocycles. The minimum Gasteiger partial charge on any atom is -0.513 e. The van der Waals surface area contributed by atoms with Crippen LogP contribution in [0.15, 0.2) is 12.3 Å². The Morgan fingerprint density at radius 2 is 2.40 bits per heavy atom. The molecule has 1 atom stereocenters. The zero-order valence-corrected chi connectivity index (χ0v) is 5.92. The molecule has 0 rings (SSSR count). The Balaban J connectivity index is 3.72. The molecule has 0 aromatic heterocycles. The Hall–Kier alpha value is -1.03. The molecule has 58 valence electrons. The van der Waals surface area contributed by atoms with Crippen LogP contribution < -0.4 is 11.1 Å². The fourth-order valence-electron chi connectivity index (χ4n) is 0.532. The number of aliphatic hydroxyl groups is 1. The molecule has 0 saturated carbocycles. The van der Waals surface area contributed by atoms with Crippen molar-refractivity contribution in [2.75, 3.05) is 7.05 Å². The van der Waals surface area contributed by atoms with E-state index in [4.69, 9.17) is 10.8 Å². The van der Waals surface area contributed by atoms with Crippen LogP contribution in [0.4, 0.5) is 0 Å². The topological polar surface area (TPSA) is 75.3 Å².